The molecule has 5 nitrogen and oxygen atoms in total. The number of unbranched alkanes of at least 4 members (excludes halogenated alkanes) is 14. The quantitative estimate of drug-likeness (QED) is 0.287. The maximum absolute atomic E-state index is 9.33. The highest BCUT2D eigenvalue weighted by atomic mass is 32.3. The molecule has 0 radical (unpaired) electrons. The predicted octanol–water partition coefficient (Wildman–Crippen LogP) is 5.25. The molecule has 0 aromatic rings. The Balaban J connectivity index is 0. The first-order valence-corrected chi connectivity index (χ1v) is 11.1. The van der Waals surface area contributed by atoms with Crippen molar-refractivity contribution < 1.29 is 17.2 Å². The Hall–Kier alpha value is -0.170. The van der Waals surface area contributed by atoms with Crippen LogP contribution in [0, 0.1) is 0 Å². The maximum Gasteiger partial charge on any atom is 0.397 e. The zero-order chi connectivity index (χ0) is 18.5. The monoisotopic (exact) mass is 367 g/mol. The molecular weight excluding hydrogens is 326 g/mol. The van der Waals surface area contributed by atoms with Gasteiger partial charge in [-0.2, -0.15) is 8.42 Å². The molecule has 148 valence electrons. The fourth-order valence-corrected chi connectivity index (χ4v) is 2.52. The summed E-state index contributed by atoms with van der Waals surface area (Å²) in [5.74, 6) is 0. The Morgan fingerprint density at radius 1 is 0.708 bits per heavy atom. The van der Waals surface area contributed by atoms with Gasteiger partial charge in [-0.25, -0.2) is 0 Å². The average molecular weight is 368 g/mol. The van der Waals surface area contributed by atoms with Crippen LogP contribution in [0.5, 0.6) is 0 Å². The predicted molar refractivity (Wildman–Crippen MR) is 103 cm³/mol. The third-order valence-electron chi connectivity index (χ3n) is 4.02. The van der Waals surface area contributed by atoms with Crippen molar-refractivity contribution in [2.75, 3.05) is 13.7 Å². The van der Waals surface area contributed by atoms with E-state index in [-0.39, 0.29) is 0 Å². The minimum Gasteiger partial charge on any atom is -0.330 e. The highest BCUT2D eigenvalue weighted by molar-refractivity contribution is 7.80. The van der Waals surface area contributed by atoms with Crippen LogP contribution in [0.2, 0.25) is 0 Å². The van der Waals surface area contributed by atoms with Crippen molar-refractivity contribution in [1.29, 1.82) is 0 Å². The van der Waals surface area contributed by atoms with E-state index in [1.807, 2.05) is 0 Å². The second-order valence-corrected chi connectivity index (χ2v) is 7.52. The lowest BCUT2D eigenvalue weighted by Gasteiger charge is -2.03. The highest BCUT2D eigenvalue weighted by Crippen LogP contribution is 2.13. The Bertz CT molecular complexity index is 305. The van der Waals surface area contributed by atoms with Gasteiger partial charge in [0.05, 0.1) is 7.11 Å². The van der Waals surface area contributed by atoms with Gasteiger partial charge in [0.15, 0.2) is 0 Å². The molecule has 0 saturated heterocycles. The lowest BCUT2D eigenvalue weighted by Crippen LogP contribution is -1.97. The summed E-state index contributed by atoms with van der Waals surface area (Å²) < 4.78 is 29.7. The van der Waals surface area contributed by atoms with Gasteiger partial charge in [0, 0.05) is 0 Å². The van der Waals surface area contributed by atoms with E-state index in [4.69, 9.17) is 10.3 Å². The van der Waals surface area contributed by atoms with Crippen molar-refractivity contribution in [3.05, 3.63) is 0 Å². The van der Waals surface area contributed by atoms with Crippen molar-refractivity contribution in [2.45, 2.75) is 103 Å². The van der Waals surface area contributed by atoms with Crippen LogP contribution in [-0.2, 0) is 14.6 Å². The molecule has 0 fully saturated rings. The van der Waals surface area contributed by atoms with Gasteiger partial charge in [-0.05, 0) is 13.0 Å². The molecule has 0 aliphatic carbocycles. The summed E-state index contributed by atoms with van der Waals surface area (Å²) >= 11 is 0. The summed E-state index contributed by atoms with van der Waals surface area (Å²) in [6.45, 7) is 3.16. The molecule has 0 spiro atoms. The summed E-state index contributed by atoms with van der Waals surface area (Å²) in [5.41, 5.74) is 5.48. The first kappa shape index (κ1) is 26.1. The molecule has 6 heteroatoms. The lowest BCUT2D eigenvalue weighted by atomic mass is 10.0. The van der Waals surface area contributed by atoms with Crippen molar-refractivity contribution in [3.63, 3.8) is 0 Å². The van der Waals surface area contributed by atoms with Crippen LogP contribution >= 0.6 is 0 Å². The standard InChI is InChI=1S/C17H37N.CH4O4S/c1-2-3-4-5-6-7-8-9-10-11-12-13-14-15-16-17-18;1-5-6(2,3)4/h2-18H2,1H3;1H3,(H,2,3,4). The van der Waals surface area contributed by atoms with Crippen molar-refractivity contribution in [1.82, 2.24) is 0 Å². The molecule has 3 N–H and O–H groups in total. The van der Waals surface area contributed by atoms with E-state index < -0.39 is 10.4 Å². The third-order valence-corrected chi connectivity index (χ3v) is 4.44. The Morgan fingerprint density at radius 2 is 0.958 bits per heavy atom. The normalized spacial score (nSPS) is 11.2. The largest absolute Gasteiger partial charge is 0.397 e. The van der Waals surface area contributed by atoms with Gasteiger partial charge in [0.1, 0.15) is 0 Å². The molecular formula is C18H41NO4S. The van der Waals surface area contributed by atoms with Gasteiger partial charge in [-0.3, -0.25) is 8.74 Å². The van der Waals surface area contributed by atoms with E-state index in [1.54, 1.807) is 0 Å². The van der Waals surface area contributed by atoms with E-state index in [1.165, 1.54) is 96.3 Å². The smallest absolute Gasteiger partial charge is 0.330 e. The lowest BCUT2D eigenvalue weighted by molar-refractivity contribution is 0.324. The number of hydrogen-bond acceptors (Lipinski definition) is 4. The molecule has 0 atom stereocenters. The molecule has 0 aliphatic heterocycles. The first-order chi connectivity index (χ1) is 11.5. The summed E-state index contributed by atoms with van der Waals surface area (Å²) in [6.07, 6.45) is 21.4. The van der Waals surface area contributed by atoms with Crippen LogP contribution in [0.3, 0.4) is 0 Å². The second kappa shape index (κ2) is 20.9. The fraction of sp³-hybridized carbons (Fsp3) is 1.00. The molecule has 0 aliphatic rings. The first-order valence-electron chi connectivity index (χ1n) is 9.71. The van der Waals surface area contributed by atoms with Crippen LogP contribution in [0.15, 0.2) is 0 Å². The molecule has 0 unspecified atom stereocenters. The molecule has 0 rings (SSSR count). The van der Waals surface area contributed by atoms with Gasteiger partial charge >= 0.3 is 10.4 Å². The number of rotatable bonds is 16. The van der Waals surface area contributed by atoms with E-state index >= 15 is 0 Å². The van der Waals surface area contributed by atoms with Crippen molar-refractivity contribution in [3.8, 4) is 0 Å². The van der Waals surface area contributed by atoms with Crippen LogP contribution in [0.4, 0.5) is 0 Å². The molecule has 0 heterocycles. The van der Waals surface area contributed by atoms with E-state index in [2.05, 4.69) is 11.1 Å². The van der Waals surface area contributed by atoms with Crippen molar-refractivity contribution in [2.24, 2.45) is 5.73 Å². The average Bonchev–Trinajstić information content (AvgIpc) is 2.55. The molecule has 0 aromatic heterocycles. The molecule has 0 saturated carbocycles. The molecule has 0 bridgehead atoms. The van der Waals surface area contributed by atoms with Crippen LogP contribution in [0.25, 0.3) is 0 Å². The molecule has 0 amide bonds. The topological polar surface area (TPSA) is 89.6 Å². The minimum absolute atomic E-state index is 0.870. The van der Waals surface area contributed by atoms with Crippen LogP contribution in [-0.4, -0.2) is 26.6 Å². The highest BCUT2D eigenvalue weighted by Gasteiger charge is 1.94. The van der Waals surface area contributed by atoms with E-state index in [0.717, 1.165) is 13.7 Å². The second-order valence-electron chi connectivity index (χ2n) is 6.33. The van der Waals surface area contributed by atoms with Crippen molar-refractivity contribution >= 4 is 10.4 Å². The summed E-state index contributed by atoms with van der Waals surface area (Å²) in [6, 6.07) is 0. The molecule has 0 aromatic carbocycles. The Labute approximate surface area is 150 Å². The van der Waals surface area contributed by atoms with Gasteiger partial charge < -0.3 is 5.73 Å². The van der Waals surface area contributed by atoms with E-state index in [9.17, 15) is 8.42 Å². The Morgan fingerprint density at radius 3 is 1.17 bits per heavy atom. The summed E-state index contributed by atoms with van der Waals surface area (Å²) in [5, 5.41) is 0. The van der Waals surface area contributed by atoms with Gasteiger partial charge in [-0.15, -0.1) is 0 Å². The fourth-order valence-electron chi connectivity index (χ4n) is 2.52. The van der Waals surface area contributed by atoms with Crippen LogP contribution in [0.1, 0.15) is 103 Å². The maximum atomic E-state index is 9.33. The summed E-state index contributed by atoms with van der Waals surface area (Å²) in [4.78, 5) is 0. The van der Waals surface area contributed by atoms with Gasteiger partial charge in [0.2, 0.25) is 0 Å². The zero-order valence-corrected chi connectivity index (χ0v) is 16.8. The number of nitrogens with two attached hydrogens (primary N) is 1. The minimum atomic E-state index is -4.16. The molecule has 24 heavy (non-hydrogen) atoms. The third kappa shape index (κ3) is 29.8. The van der Waals surface area contributed by atoms with E-state index in [0.29, 0.717) is 0 Å². The zero-order valence-electron chi connectivity index (χ0n) is 16.0. The SMILES string of the molecule is CCCCCCCCCCCCCCCCCN.COS(=O)(=O)O. The van der Waals surface area contributed by atoms with Crippen LogP contribution < -0.4 is 5.73 Å². The Kier molecular flexibility index (Phi) is 22.7. The number of hydrogen-bond donors (Lipinski definition) is 2. The summed E-state index contributed by atoms with van der Waals surface area (Å²) in [7, 11) is -3.29. The van der Waals surface area contributed by atoms with Gasteiger partial charge in [-0.1, -0.05) is 96.8 Å². The van der Waals surface area contributed by atoms with Gasteiger partial charge in [0.25, 0.3) is 0 Å².